The van der Waals surface area contributed by atoms with Crippen molar-refractivity contribution >= 4 is 59.3 Å². The Labute approximate surface area is 394 Å². The summed E-state index contributed by atoms with van der Waals surface area (Å²) in [6.45, 7) is 0. The first-order valence-corrected chi connectivity index (χ1v) is 24.0. The third-order valence-corrected chi connectivity index (χ3v) is 15.6. The summed E-state index contributed by atoms with van der Waals surface area (Å²) in [6.07, 6.45) is 0. The number of anilines is 3. The highest BCUT2D eigenvalue weighted by atomic mass is 32.1. The SMILES string of the molecule is c1ccc(-c2cccc(N(c3ccc4c(c3)-c3ccccc3C43c4ccccc4-c4ccccc43)c3cccc(-c4ccc5ccccc5c4)c3-c3cccc4sc5ccccc5c34)c2)cc1. The van der Waals surface area contributed by atoms with Gasteiger partial charge in [0, 0.05) is 37.1 Å². The van der Waals surface area contributed by atoms with Gasteiger partial charge in [0.15, 0.2) is 0 Å². The third-order valence-electron chi connectivity index (χ3n) is 14.5. The van der Waals surface area contributed by atoms with E-state index in [1.165, 1.54) is 109 Å². The molecule has 0 N–H and O–H groups in total. The molecule has 0 fully saturated rings. The first kappa shape index (κ1) is 38.0. The minimum Gasteiger partial charge on any atom is -0.310 e. The molecule has 1 aromatic heterocycles. The van der Waals surface area contributed by atoms with Crippen molar-refractivity contribution < 1.29 is 0 Å². The predicted octanol–water partition coefficient (Wildman–Crippen LogP) is 18.0. The van der Waals surface area contributed by atoms with Crippen LogP contribution in [0.25, 0.3) is 86.6 Å². The van der Waals surface area contributed by atoms with Crippen molar-refractivity contribution in [2.45, 2.75) is 5.41 Å². The smallest absolute Gasteiger partial charge is 0.0725 e. The van der Waals surface area contributed by atoms with Gasteiger partial charge >= 0.3 is 0 Å². The van der Waals surface area contributed by atoms with E-state index in [1.807, 2.05) is 11.3 Å². The fourth-order valence-electron chi connectivity index (χ4n) is 11.7. The Kier molecular flexibility index (Phi) is 8.44. The van der Waals surface area contributed by atoms with Crippen molar-refractivity contribution in [2.24, 2.45) is 0 Å². The van der Waals surface area contributed by atoms with E-state index in [2.05, 4.69) is 254 Å². The summed E-state index contributed by atoms with van der Waals surface area (Å²) < 4.78 is 2.58. The van der Waals surface area contributed by atoms with Gasteiger partial charge in [-0.15, -0.1) is 11.3 Å². The zero-order chi connectivity index (χ0) is 44.1. The van der Waals surface area contributed by atoms with Gasteiger partial charge in [-0.3, -0.25) is 0 Å². The lowest BCUT2D eigenvalue weighted by molar-refractivity contribution is 0.794. The van der Waals surface area contributed by atoms with Gasteiger partial charge in [0.2, 0.25) is 0 Å². The number of thiophene rings is 1. The van der Waals surface area contributed by atoms with Gasteiger partial charge in [-0.2, -0.15) is 0 Å². The molecule has 1 heterocycles. The van der Waals surface area contributed by atoms with E-state index < -0.39 is 5.41 Å². The fraction of sp³-hybridized carbons (Fsp3) is 0.0154. The van der Waals surface area contributed by atoms with E-state index >= 15 is 0 Å². The van der Waals surface area contributed by atoms with E-state index in [-0.39, 0.29) is 0 Å². The highest BCUT2D eigenvalue weighted by molar-refractivity contribution is 7.26. The van der Waals surface area contributed by atoms with Gasteiger partial charge in [0.1, 0.15) is 0 Å². The monoisotopic (exact) mass is 867 g/mol. The largest absolute Gasteiger partial charge is 0.310 e. The Morgan fingerprint density at radius 3 is 1.67 bits per heavy atom. The molecule has 1 spiro atoms. The van der Waals surface area contributed by atoms with Gasteiger partial charge in [-0.25, -0.2) is 0 Å². The van der Waals surface area contributed by atoms with Gasteiger partial charge in [0.25, 0.3) is 0 Å². The van der Waals surface area contributed by atoms with Crippen molar-refractivity contribution in [1.82, 2.24) is 0 Å². The maximum atomic E-state index is 2.53. The van der Waals surface area contributed by atoms with Crippen LogP contribution in [0, 0.1) is 0 Å². The Balaban J connectivity index is 1.08. The van der Waals surface area contributed by atoms with Crippen molar-refractivity contribution in [1.29, 1.82) is 0 Å². The first-order chi connectivity index (χ1) is 33.2. The van der Waals surface area contributed by atoms with E-state index in [9.17, 15) is 0 Å². The van der Waals surface area contributed by atoms with E-state index in [4.69, 9.17) is 0 Å². The molecule has 67 heavy (non-hydrogen) atoms. The second kappa shape index (κ2) is 14.9. The minimum absolute atomic E-state index is 0.424. The molecule has 2 aliphatic carbocycles. The molecule has 0 radical (unpaired) electrons. The Hall–Kier alpha value is -8.30. The van der Waals surface area contributed by atoms with E-state index in [0.29, 0.717) is 0 Å². The second-order valence-corrected chi connectivity index (χ2v) is 19.0. The minimum atomic E-state index is -0.424. The van der Waals surface area contributed by atoms with Crippen LogP contribution < -0.4 is 4.90 Å². The number of rotatable bonds is 6. The van der Waals surface area contributed by atoms with Crippen LogP contribution in [0.5, 0.6) is 0 Å². The summed E-state index contributed by atoms with van der Waals surface area (Å²) in [5.74, 6) is 0. The number of benzene rings is 11. The van der Waals surface area contributed by atoms with Crippen molar-refractivity contribution in [3.05, 3.63) is 271 Å². The quantitative estimate of drug-likeness (QED) is 0.161. The van der Waals surface area contributed by atoms with Crippen molar-refractivity contribution in [3.8, 4) is 55.6 Å². The molecule has 0 saturated heterocycles. The second-order valence-electron chi connectivity index (χ2n) is 17.9. The topological polar surface area (TPSA) is 3.24 Å². The fourth-order valence-corrected chi connectivity index (χ4v) is 12.8. The van der Waals surface area contributed by atoms with Crippen LogP contribution in [-0.4, -0.2) is 0 Å². The summed E-state index contributed by atoms with van der Waals surface area (Å²) in [7, 11) is 0. The highest BCUT2D eigenvalue weighted by Crippen LogP contribution is 2.63. The lowest BCUT2D eigenvalue weighted by Gasteiger charge is -2.32. The maximum Gasteiger partial charge on any atom is 0.0725 e. The number of nitrogens with zero attached hydrogens (tertiary/aromatic N) is 1. The summed E-state index contributed by atoms with van der Waals surface area (Å²) in [5, 5.41) is 5.03. The van der Waals surface area contributed by atoms with Gasteiger partial charge in [-0.1, -0.05) is 200 Å². The van der Waals surface area contributed by atoms with Crippen LogP contribution in [-0.2, 0) is 5.41 Å². The molecular weight excluding hydrogens is 827 g/mol. The molecular formula is C65H41NS. The zero-order valence-corrected chi connectivity index (χ0v) is 37.3. The Morgan fingerprint density at radius 1 is 0.313 bits per heavy atom. The summed E-state index contributed by atoms with van der Waals surface area (Å²) in [5.41, 5.74) is 20.6. The van der Waals surface area contributed by atoms with Crippen LogP contribution >= 0.6 is 11.3 Å². The highest BCUT2D eigenvalue weighted by Gasteiger charge is 2.51. The molecule has 0 atom stereocenters. The average Bonchev–Trinajstić information content (AvgIpc) is 4.03. The standard InChI is InChI=1S/C65H41NS/c1-2-17-42(18-3-1)45-21-14-22-47(40-45)66(48-37-38-59-55(41-48)52-25-8-12-31-58(52)65(59)56-29-10-6-23-50(56)51-24-7-11-30-57(51)65)60-32-15-27-49(46-36-35-43-19-4-5-20-44(43)39-46)63(60)54-28-16-34-62-64(54)53-26-9-13-33-61(53)67-62/h1-41H. The molecule has 2 aliphatic rings. The van der Waals surface area contributed by atoms with Crippen LogP contribution in [0.1, 0.15) is 22.3 Å². The van der Waals surface area contributed by atoms with Crippen molar-refractivity contribution in [3.63, 3.8) is 0 Å². The van der Waals surface area contributed by atoms with Gasteiger partial charge in [0.05, 0.1) is 11.1 Å². The molecule has 312 valence electrons. The molecule has 11 aromatic carbocycles. The predicted molar refractivity (Wildman–Crippen MR) is 284 cm³/mol. The number of hydrogen-bond donors (Lipinski definition) is 0. The van der Waals surface area contributed by atoms with Crippen LogP contribution in [0.15, 0.2) is 249 Å². The molecule has 1 nitrogen and oxygen atoms in total. The molecule has 0 unspecified atom stereocenters. The summed E-state index contributed by atoms with van der Waals surface area (Å²) >= 11 is 1.87. The zero-order valence-electron chi connectivity index (χ0n) is 36.5. The number of fused-ring (bicyclic) bond motifs is 14. The lowest BCUT2D eigenvalue weighted by atomic mass is 9.70. The average molecular weight is 868 g/mol. The lowest BCUT2D eigenvalue weighted by Crippen LogP contribution is -2.25. The van der Waals surface area contributed by atoms with Gasteiger partial charge < -0.3 is 4.90 Å². The van der Waals surface area contributed by atoms with Crippen LogP contribution in [0.4, 0.5) is 17.1 Å². The molecule has 2 heteroatoms. The summed E-state index contributed by atoms with van der Waals surface area (Å²) in [6, 6.07) is 92.8. The van der Waals surface area contributed by atoms with Crippen molar-refractivity contribution in [2.75, 3.05) is 4.90 Å². The molecule has 0 saturated carbocycles. The first-order valence-electron chi connectivity index (χ1n) is 23.2. The van der Waals surface area contributed by atoms with Crippen LogP contribution in [0.3, 0.4) is 0 Å². The Morgan fingerprint density at radius 2 is 0.881 bits per heavy atom. The van der Waals surface area contributed by atoms with Crippen LogP contribution in [0.2, 0.25) is 0 Å². The molecule has 0 aliphatic heterocycles. The maximum absolute atomic E-state index is 2.53. The van der Waals surface area contributed by atoms with Gasteiger partial charge in [-0.05, 0) is 132 Å². The van der Waals surface area contributed by atoms with E-state index in [0.717, 1.165) is 17.1 Å². The molecule has 0 amide bonds. The third kappa shape index (κ3) is 5.61. The van der Waals surface area contributed by atoms with E-state index in [1.54, 1.807) is 0 Å². The molecule has 0 bridgehead atoms. The number of hydrogen-bond acceptors (Lipinski definition) is 2. The Bertz CT molecular complexity index is 3900. The summed E-state index contributed by atoms with van der Waals surface area (Å²) in [4.78, 5) is 2.53. The molecule has 12 aromatic rings. The normalized spacial score (nSPS) is 12.9. The molecule has 14 rings (SSSR count).